The van der Waals surface area contributed by atoms with Gasteiger partial charge in [-0.3, -0.25) is 5.41 Å². The fourth-order valence-electron chi connectivity index (χ4n) is 2.58. The van der Waals surface area contributed by atoms with Crippen LogP contribution in [0.2, 0.25) is 0 Å². The minimum Gasteiger partial charge on any atom is -0.497 e. The van der Waals surface area contributed by atoms with Crippen molar-refractivity contribution in [2.45, 2.75) is 32.4 Å². The maximum absolute atomic E-state index is 7.77. The molecule has 5 nitrogen and oxygen atoms in total. The molecule has 110 valence electrons. The number of nitrogens with one attached hydrogen (secondary N) is 1. The molecular formula is C15H23N3O2. The molecule has 1 heterocycles. The number of benzene rings is 1. The van der Waals surface area contributed by atoms with Gasteiger partial charge >= 0.3 is 0 Å². The molecular weight excluding hydrogens is 254 g/mol. The first kappa shape index (κ1) is 14.7. The number of hydrogen-bond acceptors (Lipinski definition) is 4. The Kier molecular flexibility index (Phi) is 4.49. The van der Waals surface area contributed by atoms with Gasteiger partial charge in [0.25, 0.3) is 0 Å². The van der Waals surface area contributed by atoms with Crippen molar-refractivity contribution in [2.24, 2.45) is 5.73 Å². The van der Waals surface area contributed by atoms with Crippen LogP contribution in [0.4, 0.5) is 5.69 Å². The summed E-state index contributed by atoms with van der Waals surface area (Å²) in [5.74, 6) is 0.857. The van der Waals surface area contributed by atoms with E-state index in [0.29, 0.717) is 12.6 Å². The third-order valence-corrected chi connectivity index (χ3v) is 3.74. The quantitative estimate of drug-likeness (QED) is 0.652. The second kappa shape index (κ2) is 6.13. The predicted molar refractivity (Wildman–Crippen MR) is 80.8 cm³/mol. The number of rotatable bonds is 4. The van der Waals surface area contributed by atoms with E-state index in [2.05, 4.69) is 18.7 Å². The lowest BCUT2D eigenvalue weighted by Gasteiger charge is -2.40. The minimum absolute atomic E-state index is 0.0802. The Morgan fingerprint density at radius 1 is 1.55 bits per heavy atom. The van der Waals surface area contributed by atoms with Crippen LogP contribution < -0.4 is 15.4 Å². The van der Waals surface area contributed by atoms with Crippen LogP contribution in [-0.4, -0.2) is 38.2 Å². The van der Waals surface area contributed by atoms with Crippen LogP contribution in [0.5, 0.6) is 5.75 Å². The van der Waals surface area contributed by atoms with E-state index in [1.165, 1.54) is 0 Å². The Morgan fingerprint density at radius 2 is 2.30 bits per heavy atom. The highest BCUT2D eigenvalue weighted by Gasteiger charge is 2.28. The standard InChI is InChI=1S/C15H23N3O2/c1-4-11-9-20-10(2)8-18(11)14-7-12(19-3)5-6-13(14)15(16)17/h5-7,10-11H,4,8-9H2,1-3H3,(H3,16,17). The number of nitrogens with zero attached hydrogens (tertiary/aromatic N) is 1. The summed E-state index contributed by atoms with van der Waals surface area (Å²) in [5.41, 5.74) is 7.42. The fraction of sp³-hybridized carbons (Fsp3) is 0.533. The number of ether oxygens (including phenoxy) is 2. The maximum atomic E-state index is 7.77. The van der Waals surface area contributed by atoms with Crippen molar-refractivity contribution < 1.29 is 9.47 Å². The van der Waals surface area contributed by atoms with Crippen molar-refractivity contribution in [3.63, 3.8) is 0 Å². The molecule has 1 saturated heterocycles. The van der Waals surface area contributed by atoms with Crippen LogP contribution in [0.1, 0.15) is 25.8 Å². The first-order valence-corrected chi connectivity index (χ1v) is 6.97. The Hall–Kier alpha value is -1.75. The normalized spacial score (nSPS) is 22.6. The average Bonchev–Trinajstić information content (AvgIpc) is 2.46. The van der Waals surface area contributed by atoms with E-state index in [1.54, 1.807) is 7.11 Å². The van der Waals surface area contributed by atoms with Crippen molar-refractivity contribution in [1.82, 2.24) is 0 Å². The third-order valence-electron chi connectivity index (χ3n) is 3.74. The van der Waals surface area contributed by atoms with Gasteiger partial charge in [-0.2, -0.15) is 0 Å². The molecule has 1 aromatic carbocycles. The van der Waals surface area contributed by atoms with Gasteiger partial charge in [-0.05, 0) is 25.5 Å². The first-order valence-electron chi connectivity index (χ1n) is 6.97. The third kappa shape index (κ3) is 2.88. The molecule has 0 bridgehead atoms. The van der Waals surface area contributed by atoms with Crippen molar-refractivity contribution in [2.75, 3.05) is 25.2 Å². The summed E-state index contributed by atoms with van der Waals surface area (Å²) in [6, 6.07) is 5.95. The monoisotopic (exact) mass is 277 g/mol. The van der Waals surface area contributed by atoms with Gasteiger partial charge in [0.15, 0.2) is 0 Å². The average molecular weight is 277 g/mol. The highest BCUT2D eigenvalue weighted by atomic mass is 16.5. The van der Waals surface area contributed by atoms with Crippen LogP contribution in [-0.2, 0) is 4.74 Å². The van der Waals surface area contributed by atoms with Gasteiger partial charge in [-0.25, -0.2) is 0 Å². The summed E-state index contributed by atoms with van der Waals surface area (Å²) < 4.78 is 11.0. The maximum Gasteiger partial charge on any atom is 0.124 e. The molecule has 3 N–H and O–H groups in total. The van der Waals surface area contributed by atoms with Crippen molar-refractivity contribution >= 4 is 11.5 Å². The molecule has 1 fully saturated rings. The number of methoxy groups -OCH3 is 1. The van der Waals surface area contributed by atoms with E-state index in [9.17, 15) is 0 Å². The molecule has 0 aromatic heterocycles. The lowest BCUT2D eigenvalue weighted by molar-refractivity contribution is 0.0299. The smallest absolute Gasteiger partial charge is 0.124 e. The fourth-order valence-corrected chi connectivity index (χ4v) is 2.58. The minimum atomic E-state index is 0.0802. The van der Waals surface area contributed by atoms with Crippen LogP contribution in [0.3, 0.4) is 0 Å². The molecule has 5 heteroatoms. The lowest BCUT2D eigenvalue weighted by Crippen LogP contribution is -2.49. The van der Waals surface area contributed by atoms with Crippen molar-refractivity contribution in [1.29, 1.82) is 5.41 Å². The van der Waals surface area contributed by atoms with E-state index >= 15 is 0 Å². The van der Waals surface area contributed by atoms with Gasteiger partial charge in [0, 0.05) is 18.2 Å². The predicted octanol–water partition coefficient (Wildman–Crippen LogP) is 1.98. The second-order valence-electron chi connectivity index (χ2n) is 5.16. The van der Waals surface area contributed by atoms with Gasteiger partial charge in [0.1, 0.15) is 11.6 Å². The molecule has 2 rings (SSSR count). The number of hydrogen-bond donors (Lipinski definition) is 2. The molecule has 2 unspecified atom stereocenters. The summed E-state index contributed by atoms with van der Waals surface area (Å²) >= 11 is 0. The molecule has 0 amide bonds. The molecule has 0 radical (unpaired) electrons. The first-order chi connectivity index (χ1) is 9.56. The molecule has 0 aliphatic carbocycles. The van der Waals surface area contributed by atoms with E-state index in [4.69, 9.17) is 20.6 Å². The summed E-state index contributed by atoms with van der Waals surface area (Å²) in [5, 5.41) is 7.77. The van der Waals surface area contributed by atoms with Gasteiger partial charge < -0.3 is 20.1 Å². The zero-order chi connectivity index (χ0) is 14.7. The van der Waals surface area contributed by atoms with E-state index in [0.717, 1.165) is 30.0 Å². The van der Waals surface area contributed by atoms with E-state index < -0.39 is 0 Å². The van der Waals surface area contributed by atoms with Crippen LogP contribution >= 0.6 is 0 Å². The number of anilines is 1. The van der Waals surface area contributed by atoms with Gasteiger partial charge in [0.05, 0.1) is 31.5 Å². The highest BCUT2D eigenvalue weighted by molar-refractivity contribution is 6.00. The zero-order valence-electron chi connectivity index (χ0n) is 12.3. The van der Waals surface area contributed by atoms with Gasteiger partial charge in [0.2, 0.25) is 0 Å². The van der Waals surface area contributed by atoms with E-state index in [-0.39, 0.29) is 11.9 Å². The molecule has 0 saturated carbocycles. The molecule has 1 aliphatic rings. The molecule has 0 spiro atoms. The summed E-state index contributed by atoms with van der Waals surface area (Å²) in [6.07, 6.45) is 1.16. The number of amidine groups is 1. The highest BCUT2D eigenvalue weighted by Crippen LogP contribution is 2.30. The van der Waals surface area contributed by atoms with Gasteiger partial charge in [-0.15, -0.1) is 0 Å². The van der Waals surface area contributed by atoms with Gasteiger partial charge in [-0.1, -0.05) is 6.92 Å². The zero-order valence-corrected chi connectivity index (χ0v) is 12.3. The molecule has 1 aliphatic heterocycles. The summed E-state index contributed by atoms with van der Waals surface area (Å²) in [6.45, 7) is 5.70. The molecule has 1 aromatic rings. The second-order valence-corrected chi connectivity index (χ2v) is 5.16. The summed E-state index contributed by atoms with van der Waals surface area (Å²) in [4.78, 5) is 2.29. The van der Waals surface area contributed by atoms with Crippen molar-refractivity contribution in [3.8, 4) is 5.75 Å². The van der Waals surface area contributed by atoms with Crippen LogP contribution in [0.25, 0.3) is 0 Å². The van der Waals surface area contributed by atoms with E-state index in [1.807, 2.05) is 18.2 Å². The van der Waals surface area contributed by atoms with Crippen LogP contribution in [0.15, 0.2) is 18.2 Å². The largest absolute Gasteiger partial charge is 0.497 e. The van der Waals surface area contributed by atoms with Crippen LogP contribution in [0, 0.1) is 5.41 Å². The Balaban J connectivity index is 2.44. The summed E-state index contributed by atoms with van der Waals surface area (Å²) in [7, 11) is 1.64. The number of nitrogen functional groups attached to an aromatic ring is 1. The molecule has 2 atom stereocenters. The topological polar surface area (TPSA) is 71.6 Å². The lowest BCUT2D eigenvalue weighted by atomic mass is 10.0. The Bertz CT molecular complexity index is 490. The number of morpholine rings is 1. The van der Waals surface area contributed by atoms with Crippen molar-refractivity contribution in [3.05, 3.63) is 23.8 Å². The molecule has 20 heavy (non-hydrogen) atoms. The SMILES string of the molecule is CCC1COC(C)CN1c1cc(OC)ccc1C(=N)N. The number of nitrogens with two attached hydrogens (primary N) is 1. The Labute approximate surface area is 120 Å². The Morgan fingerprint density at radius 3 is 2.90 bits per heavy atom.